The van der Waals surface area contributed by atoms with Crippen molar-refractivity contribution in [1.29, 1.82) is 0 Å². The number of fused-ring (bicyclic) bond motifs is 1. The van der Waals surface area contributed by atoms with Crippen LogP contribution in [0.3, 0.4) is 0 Å². The van der Waals surface area contributed by atoms with E-state index in [-0.39, 0.29) is 12.3 Å². The van der Waals surface area contributed by atoms with E-state index >= 15 is 0 Å². The Labute approximate surface area is 198 Å². The number of carbonyl (C=O) groups excluding carboxylic acids is 2. The summed E-state index contributed by atoms with van der Waals surface area (Å²) in [4.78, 5) is 41.0. The van der Waals surface area contributed by atoms with E-state index in [0.717, 1.165) is 22.0 Å². The molecule has 2 aromatic carbocycles. The van der Waals surface area contributed by atoms with Crippen molar-refractivity contribution in [3.8, 4) is 0 Å². The van der Waals surface area contributed by atoms with Crippen molar-refractivity contribution in [3.63, 3.8) is 0 Å². The zero-order valence-corrected chi connectivity index (χ0v) is 19.5. The van der Waals surface area contributed by atoms with Gasteiger partial charge in [-0.25, -0.2) is 4.79 Å². The molecule has 0 aliphatic rings. The number of aromatic amines is 1. The lowest BCUT2D eigenvalue weighted by atomic mass is 9.96. The molecule has 1 heterocycles. The van der Waals surface area contributed by atoms with Gasteiger partial charge in [-0.1, -0.05) is 68.8 Å². The Bertz CT molecular complexity index is 1130. The van der Waals surface area contributed by atoms with Crippen molar-refractivity contribution in [2.75, 3.05) is 0 Å². The van der Waals surface area contributed by atoms with Crippen molar-refractivity contribution >= 4 is 28.7 Å². The molecule has 0 spiro atoms. The van der Waals surface area contributed by atoms with Crippen LogP contribution in [0.5, 0.6) is 0 Å². The predicted octanol–water partition coefficient (Wildman–Crippen LogP) is 2.38. The van der Waals surface area contributed by atoms with Gasteiger partial charge in [-0.15, -0.1) is 0 Å². The normalized spacial score (nSPS) is 14.7. The summed E-state index contributed by atoms with van der Waals surface area (Å²) in [6.45, 7) is 3.74. The second-order valence-electron chi connectivity index (χ2n) is 8.63. The average molecular weight is 465 g/mol. The molecule has 3 rings (SSSR count). The first-order chi connectivity index (χ1) is 16.3. The molecule has 2 amide bonds. The zero-order chi connectivity index (χ0) is 24.7. The third-order valence-electron chi connectivity index (χ3n) is 6.14. The fraction of sp³-hybridized carbons (Fsp3) is 0.346. The minimum Gasteiger partial charge on any atom is -0.480 e. The predicted molar refractivity (Wildman–Crippen MR) is 131 cm³/mol. The number of carboxylic acids is 1. The molecule has 8 nitrogen and oxygen atoms in total. The van der Waals surface area contributed by atoms with Crippen LogP contribution in [0.25, 0.3) is 10.9 Å². The zero-order valence-electron chi connectivity index (χ0n) is 19.5. The van der Waals surface area contributed by atoms with Crippen molar-refractivity contribution in [2.45, 2.75) is 51.2 Å². The number of hydrogen-bond acceptors (Lipinski definition) is 4. The summed E-state index contributed by atoms with van der Waals surface area (Å²) in [7, 11) is 0. The first-order valence-electron chi connectivity index (χ1n) is 11.5. The number of nitrogens with one attached hydrogen (secondary N) is 3. The molecule has 0 aliphatic carbocycles. The van der Waals surface area contributed by atoms with E-state index in [2.05, 4.69) is 15.6 Å². The molecule has 0 bridgehead atoms. The SMILES string of the molecule is CCC(C)C(NC(=O)C(N)Cc1ccccc1)C(=O)NC(Cc1c[nH]c2ccccc12)C(=O)O. The molecular formula is C26H32N4O4. The van der Waals surface area contributed by atoms with Gasteiger partial charge in [-0.2, -0.15) is 0 Å². The molecule has 0 saturated heterocycles. The third kappa shape index (κ3) is 6.23. The number of aliphatic carboxylic acids is 1. The Hall–Kier alpha value is -3.65. The van der Waals surface area contributed by atoms with Gasteiger partial charge in [-0.3, -0.25) is 9.59 Å². The Kier molecular flexibility index (Phi) is 8.43. The second-order valence-corrected chi connectivity index (χ2v) is 8.63. The van der Waals surface area contributed by atoms with Gasteiger partial charge in [-0.05, 0) is 29.5 Å². The smallest absolute Gasteiger partial charge is 0.326 e. The van der Waals surface area contributed by atoms with E-state index in [9.17, 15) is 19.5 Å². The fourth-order valence-electron chi connectivity index (χ4n) is 3.90. The Morgan fingerprint density at radius 2 is 1.65 bits per heavy atom. The molecule has 1 aromatic heterocycles. The summed E-state index contributed by atoms with van der Waals surface area (Å²) < 4.78 is 0. The van der Waals surface area contributed by atoms with Crippen molar-refractivity contribution < 1.29 is 19.5 Å². The molecule has 3 aromatic rings. The summed E-state index contributed by atoms with van der Waals surface area (Å²) in [5, 5.41) is 16.0. The number of carboxylic acid groups (broad SMARTS) is 1. The molecule has 180 valence electrons. The molecule has 8 heteroatoms. The summed E-state index contributed by atoms with van der Waals surface area (Å²) in [6, 6.07) is 14.1. The Morgan fingerprint density at radius 1 is 0.971 bits per heavy atom. The van der Waals surface area contributed by atoms with E-state index in [1.165, 1.54) is 0 Å². The number of hydrogen-bond donors (Lipinski definition) is 5. The van der Waals surface area contributed by atoms with Crippen LogP contribution >= 0.6 is 0 Å². The van der Waals surface area contributed by atoms with E-state index in [1.54, 1.807) is 6.20 Å². The molecule has 4 unspecified atom stereocenters. The molecule has 4 atom stereocenters. The van der Waals surface area contributed by atoms with Crippen LogP contribution < -0.4 is 16.4 Å². The number of aromatic nitrogens is 1. The molecule has 0 saturated carbocycles. The molecular weight excluding hydrogens is 432 g/mol. The summed E-state index contributed by atoms with van der Waals surface area (Å²) in [6.07, 6.45) is 2.81. The van der Waals surface area contributed by atoms with E-state index in [1.807, 2.05) is 68.4 Å². The summed E-state index contributed by atoms with van der Waals surface area (Å²) in [5.41, 5.74) is 8.69. The minimum absolute atomic E-state index is 0.111. The highest BCUT2D eigenvalue weighted by molar-refractivity contribution is 5.92. The minimum atomic E-state index is -1.15. The van der Waals surface area contributed by atoms with Crippen LogP contribution in [0.2, 0.25) is 0 Å². The Balaban J connectivity index is 1.70. The third-order valence-corrected chi connectivity index (χ3v) is 6.14. The quantitative estimate of drug-likeness (QED) is 0.297. The fourth-order valence-corrected chi connectivity index (χ4v) is 3.90. The standard InChI is InChI=1S/C26H32N4O4/c1-3-16(2)23(30-24(31)20(27)13-17-9-5-4-6-10-17)25(32)29-22(26(33)34)14-18-15-28-21-12-8-7-11-19(18)21/h4-12,15-16,20,22-23,28H,3,13-14,27H2,1-2H3,(H,29,32)(H,30,31)(H,33,34). The maximum atomic E-state index is 13.1. The number of benzene rings is 2. The first kappa shape index (κ1) is 25.0. The largest absolute Gasteiger partial charge is 0.480 e. The van der Waals surface area contributed by atoms with Gasteiger partial charge in [0.1, 0.15) is 12.1 Å². The highest BCUT2D eigenvalue weighted by atomic mass is 16.4. The number of para-hydroxylation sites is 1. The molecule has 6 N–H and O–H groups in total. The summed E-state index contributed by atoms with van der Waals surface area (Å²) >= 11 is 0. The van der Waals surface area contributed by atoms with Gasteiger partial charge in [0.15, 0.2) is 0 Å². The van der Waals surface area contributed by atoms with Gasteiger partial charge in [0.2, 0.25) is 11.8 Å². The number of carbonyl (C=O) groups is 3. The number of rotatable bonds is 11. The van der Waals surface area contributed by atoms with Crippen molar-refractivity contribution in [2.24, 2.45) is 11.7 Å². The lowest BCUT2D eigenvalue weighted by molar-refractivity contribution is -0.142. The molecule has 0 fully saturated rings. The lowest BCUT2D eigenvalue weighted by Crippen LogP contribution is -2.57. The van der Waals surface area contributed by atoms with Crippen LogP contribution in [0.1, 0.15) is 31.4 Å². The highest BCUT2D eigenvalue weighted by Crippen LogP contribution is 2.19. The van der Waals surface area contributed by atoms with E-state index < -0.39 is 35.9 Å². The van der Waals surface area contributed by atoms with Gasteiger partial charge in [0.05, 0.1) is 6.04 Å². The number of amides is 2. The number of nitrogens with two attached hydrogens (primary N) is 1. The number of H-pyrrole nitrogens is 1. The monoisotopic (exact) mass is 464 g/mol. The lowest BCUT2D eigenvalue weighted by Gasteiger charge is -2.26. The molecule has 0 radical (unpaired) electrons. The topological polar surface area (TPSA) is 137 Å². The van der Waals surface area contributed by atoms with Crippen LogP contribution in [-0.2, 0) is 27.2 Å². The van der Waals surface area contributed by atoms with Crippen LogP contribution in [0.4, 0.5) is 0 Å². The average Bonchev–Trinajstić information content (AvgIpc) is 3.24. The van der Waals surface area contributed by atoms with Gasteiger partial charge in [0.25, 0.3) is 0 Å². The summed E-state index contributed by atoms with van der Waals surface area (Å²) in [5.74, 6) is -2.35. The van der Waals surface area contributed by atoms with Crippen LogP contribution in [0, 0.1) is 5.92 Å². The van der Waals surface area contributed by atoms with Gasteiger partial charge >= 0.3 is 5.97 Å². The van der Waals surface area contributed by atoms with Gasteiger partial charge in [0, 0.05) is 23.5 Å². The van der Waals surface area contributed by atoms with E-state index in [4.69, 9.17) is 5.73 Å². The van der Waals surface area contributed by atoms with Gasteiger partial charge < -0.3 is 26.5 Å². The highest BCUT2D eigenvalue weighted by Gasteiger charge is 2.31. The second kappa shape index (κ2) is 11.5. The maximum Gasteiger partial charge on any atom is 0.326 e. The molecule has 34 heavy (non-hydrogen) atoms. The van der Waals surface area contributed by atoms with Crippen LogP contribution in [0.15, 0.2) is 60.8 Å². The van der Waals surface area contributed by atoms with Crippen molar-refractivity contribution in [3.05, 3.63) is 71.9 Å². The Morgan fingerprint density at radius 3 is 2.32 bits per heavy atom. The van der Waals surface area contributed by atoms with Crippen molar-refractivity contribution in [1.82, 2.24) is 15.6 Å². The maximum absolute atomic E-state index is 13.1. The first-order valence-corrected chi connectivity index (χ1v) is 11.5. The van der Waals surface area contributed by atoms with Crippen LogP contribution in [-0.4, -0.2) is 46.0 Å². The van der Waals surface area contributed by atoms with E-state index in [0.29, 0.717) is 12.8 Å². The molecule has 0 aliphatic heterocycles.